The molecular weight excluding hydrogens is 486 g/mol. The Kier molecular flexibility index (Phi) is 8.29. The number of hydrogen-bond acceptors (Lipinski definition) is 4. The second kappa shape index (κ2) is 11.4. The van der Waals surface area contributed by atoms with Crippen LogP contribution in [0.2, 0.25) is 0 Å². The van der Waals surface area contributed by atoms with Crippen LogP contribution in [0.15, 0.2) is 71.6 Å². The summed E-state index contributed by atoms with van der Waals surface area (Å²) in [4.78, 5) is 25.2. The van der Waals surface area contributed by atoms with Gasteiger partial charge in [0.2, 0.25) is 21.8 Å². The second-order valence-electron chi connectivity index (χ2n) is 10.0. The molecule has 196 valence electrons. The fourth-order valence-corrected chi connectivity index (χ4v) is 6.25. The zero-order chi connectivity index (χ0) is 26.6. The summed E-state index contributed by atoms with van der Waals surface area (Å²) in [5.41, 5.74) is 2.18. The molecule has 1 saturated heterocycles. The van der Waals surface area contributed by atoms with Gasteiger partial charge in [0, 0.05) is 32.5 Å². The van der Waals surface area contributed by atoms with Gasteiger partial charge in [-0.25, -0.2) is 8.42 Å². The van der Waals surface area contributed by atoms with Crippen LogP contribution < -0.4 is 10.6 Å². The van der Waals surface area contributed by atoms with E-state index in [1.165, 1.54) is 16.8 Å². The molecule has 37 heavy (non-hydrogen) atoms. The molecule has 3 aromatic carbocycles. The van der Waals surface area contributed by atoms with Crippen molar-refractivity contribution in [3.8, 4) is 0 Å². The number of rotatable bonds is 8. The largest absolute Gasteiger partial charge is 0.351 e. The number of carbonyl (C=O) groups is 2. The van der Waals surface area contributed by atoms with Gasteiger partial charge in [-0.15, -0.1) is 0 Å². The predicted molar refractivity (Wildman–Crippen MR) is 146 cm³/mol. The SMILES string of the molecule is CC(=O)N[C@H](Cc1ccc(C(C)C)cc1)C(=O)NC1CCN(S(=O)(=O)c2ccc3ccccc3c2)CC1. The molecule has 1 aliphatic heterocycles. The van der Waals surface area contributed by atoms with Gasteiger partial charge in [0.15, 0.2) is 0 Å². The summed E-state index contributed by atoms with van der Waals surface area (Å²) in [6, 6.07) is 20.1. The van der Waals surface area contributed by atoms with Gasteiger partial charge in [-0.05, 0) is 52.8 Å². The molecule has 0 saturated carbocycles. The molecule has 0 unspecified atom stereocenters. The molecule has 3 aromatic rings. The number of sulfonamides is 1. The number of nitrogens with zero attached hydrogens (tertiary/aromatic N) is 1. The van der Waals surface area contributed by atoms with Crippen LogP contribution in [0.1, 0.15) is 50.7 Å². The van der Waals surface area contributed by atoms with Crippen molar-refractivity contribution in [1.82, 2.24) is 14.9 Å². The molecule has 0 radical (unpaired) electrons. The van der Waals surface area contributed by atoms with Gasteiger partial charge in [-0.1, -0.05) is 68.4 Å². The van der Waals surface area contributed by atoms with Crippen LogP contribution in [0, 0.1) is 0 Å². The van der Waals surface area contributed by atoms with E-state index in [1.54, 1.807) is 12.1 Å². The first-order chi connectivity index (χ1) is 17.6. The first kappa shape index (κ1) is 26.8. The lowest BCUT2D eigenvalue weighted by Gasteiger charge is -2.32. The Balaban J connectivity index is 1.37. The zero-order valence-electron chi connectivity index (χ0n) is 21.6. The Morgan fingerprint density at radius 3 is 2.22 bits per heavy atom. The van der Waals surface area contributed by atoms with Crippen LogP contribution in [-0.4, -0.2) is 49.7 Å². The number of benzene rings is 3. The number of piperidine rings is 1. The molecule has 1 fully saturated rings. The first-order valence-corrected chi connectivity index (χ1v) is 14.2. The van der Waals surface area contributed by atoms with Crippen LogP contribution in [0.5, 0.6) is 0 Å². The van der Waals surface area contributed by atoms with E-state index >= 15 is 0 Å². The van der Waals surface area contributed by atoms with E-state index in [-0.39, 0.29) is 22.8 Å². The van der Waals surface area contributed by atoms with Gasteiger partial charge in [0.05, 0.1) is 4.90 Å². The van der Waals surface area contributed by atoms with Crippen molar-refractivity contribution in [1.29, 1.82) is 0 Å². The van der Waals surface area contributed by atoms with E-state index in [0.717, 1.165) is 16.3 Å². The molecule has 1 atom stereocenters. The fraction of sp³-hybridized carbons (Fsp3) is 0.379. The quantitative estimate of drug-likeness (QED) is 0.469. The predicted octanol–water partition coefficient (Wildman–Crippen LogP) is 3.98. The fourth-order valence-electron chi connectivity index (χ4n) is 4.75. The van der Waals surface area contributed by atoms with Crippen LogP contribution in [0.25, 0.3) is 10.8 Å². The molecule has 1 heterocycles. The van der Waals surface area contributed by atoms with Crippen molar-refractivity contribution < 1.29 is 18.0 Å². The molecule has 0 spiro atoms. The monoisotopic (exact) mass is 521 g/mol. The molecule has 2 N–H and O–H groups in total. The summed E-state index contributed by atoms with van der Waals surface area (Å²) in [5, 5.41) is 7.68. The Morgan fingerprint density at radius 2 is 1.59 bits per heavy atom. The van der Waals surface area contributed by atoms with Gasteiger partial charge >= 0.3 is 0 Å². The lowest BCUT2D eigenvalue weighted by molar-refractivity contribution is -0.128. The van der Waals surface area contributed by atoms with E-state index in [1.807, 2.05) is 42.5 Å². The van der Waals surface area contributed by atoms with Gasteiger partial charge in [-0.3, -0.25) is 9.59 Å². The third kappa shape index (κ3) is 6.56. The summed E-state index contributed by atoms with van der Waals surface area (Å²) in [7, 11) is -3.62. The van der Waals surface area contributed by atoms with Crippen LogP contribution >= 0.6 is 0 Å². The van der Waals surface area contributed by atoms with E-state index < -0.39 is 16.1 Å². The summed E-state index contributed by atoms with van der Waals surface area (Å²) >= 11 is 0. The van der Waals surface area contributed by atoms with E-state index in [9.17, 15) is 18.0 Å². The average molecular weight is 522 g/mol. The molecule has 8 heteroatoms. The maximum Gasteiger partial charge on any atom is 0.243 e. The van der Waals surface area contributed by atoms with Crippen LogP contribution in [0.4, 0.5) is 0 Å². The highest BCUT2D eigenvalue weighted by Gasteiger charge is 2.31. The zero-order valence-corrected chi connectivity index (χ0v) is 22.4. The van der Waals surface area contributed by atoms with Gasteiger partial charge in [-0.2, -0.15) is 4.31 Å². The lowest BCUT2D eigenvalue weighted by Crippen LogP contribution is -2.53. The van der Waals surface area contributed by atoms with Crippen molar-refractivity contribution in [3.05, 3.63) is 77.9 Å². The lowest BCUT2D eigenvalue weighted by atomic mass is 9.98. The van der Waals surface area contributed by atoms with Gasteiger partial charge < -0.3 is 10.6 Å². The maximum absolute atomic E-state index is 13.2. The Labute approximate surface area is 219 Å². The average Bonchev–Trinajstić information content (AvgIpc) is 2.88. The number of amides is 2. The van der Waals surface area contributed by atoms with Crippen LogP contribution in [-0.2, 0) is 26.0 Å². The standard InChI is InChI=1S/C29H35N3O4S/c1-20(2)23-10-8-22(9-11-23)18-28(30-21(3)33)29(34)31-26-14-16-32(17-15-26)37(35,36)27-13-12-24-6-4-5-7-25(24)19-27/h4-13,19-20,26,28H,14-18H2,1-3H3,(H,30,33)(H,31,34)/t28-/m1/s1. The minimum Gasteiger partial charge on any atom is -0.351 e. The summed E-state index contributed by atoms with van der Waals surface area (Å²) in [5.74, 6) is -0.103. The Hall–Kier alpha value is -3.23. The third-order valence-electron chi connectivity index (χ3n) is 6.94. The van der Waals surface area contributed by atoms with E-state index in [0.29, 0.717) is 38.3 Å². The number of fused-ring (bicyclic) bond motifs is 1. The first-order valence-electron chi connectivity index (χ1n) is 12.8. The smallest absolute Gasteiger partial charge is 0.243 e. The molecular formula is C29H35N3O4S. The second-order valence-corrected chi connectivity index (χ2v) is 12.0. The molecule has 2 amide bonds. The summed E-state index contributed by atoms with van der Waals surface area (Å²) < 4.78 is 28.0. The van der Waals surface area contributed by atoms with Crippen molar-refractivity contribution in [2.75, 3.05) is 13.1 Å². The van der Waals surface area contributed by atoms with Crippen LogP contribution in [0.3, 0.4) is 0 Å². The Bertz CT molecular complexity index is 1360. The molecule has 0 aliphatic carbocycles. The third-order valence-corrected chi connectivity index (χ3v) is 8.83. The highest BCUT2D eigenvalue weighted by atomic mass is 32.2. The van der Waals surface area contributed by atoms with Crippen molar-refractivity contribution in [2.45, 2.75) is 62.9 Å². The minimum absolute atomic E-state index is 0.157. The molecule has 0 bridgehead atoms. The van der Waals surface area contributed by atoms with Gasteiger partial charge in [0.1, 0.15) is 6.04 Å². The van der Waals surface area contributed by atoms with Crippen molar-refractivity contribution in [3.63, 3.8) is 0 Å². The van der Waals surface area contributed by atoms with E-state index in [4.69, 9.17) is 0 Å². The van der Waals surface area contributed by atoms with Gasteiger partial charge in [0.25, 0.3) is 0 Å². The number of hydrogen-bond donors (Lipinski definition) is 2. The number of carbonyl (C=O) groups excluding carboxylic acids is 2. The normalized spacial score (nSPS) is 16.0. The minimum atomic E-state index is -3.62. The highest BCUT2D eigenvalue weighted by Crippen LogP contribution is 2.24. The number of nitrogens with one attached hydrogen (secondary N) is 2. The van der Waals surface area contributed by atoms with Crippen molar-refractivity contribution in [2.24, 2.45) is 0 Å². The van der Waals surface area contributed by atoms with E-state index in [2.05, 4.69) is 36.6 Å². The van der Waals surface area contributed by atoms with Crippen molar-refractivity contribution >= 4 is 32.6 Å². The molecule has 0 aromatic heterocycles. The molecule has 1 aliphatic rings. The highest BCUT2D eigenvalue weighted by molar-refractivity contribution is 7.89. The summed E-state index contributed by atoms with van der Waals surface area (Å²) in [6.07, 6.45) is 1.40. The summed E-state index contributed by atoms with van der Waals surface area (Å²) in [6.45, 7) is 6.29. The Morgan fingerprint density at radius 1 is 0.946 bits per heavy atom. The molecule has 4 rings (SSSR count). The maximum atomic E-state index is 13.2. The molecule has 7 nitrogen and oxygen atoms in total. The topological polar surface area (TPSA) is 95.6 Å².